The molecule has 2 aliphatic rings. The Morgan fingerprint density at radius 3 is 2.41 bits per heavy atom. The van der Waals surface area contributed by atoms with Crippen molar-refractivity contribution in [3.8, 4) is 11.5 Å². The number of unbranched alkanes of at least 4 members (excludes halogenated alkanes) is 2. The van der Waals surface area contributed by atoms with Gasteiger partial charge < -0.3 is 44.9 Å². The summed E-state index contributed by atoms with van der Waals surface area (Å²) >= 11 is 0. The van der Waals surface area contributed by atoms with Crippen LogP contribution in [-0.2, 0) is 55.0 Å². The second-order valence-electron chi connectivity index (χ2n) is 11.6. The molecule has 0 unspecified atom stereocenters. The average Bonchev–Trinajstić information content (AvgIpc) is 3.37. The molecule has 0 bridgehead atoms. The van der Waals surface area contributed by atoms with E-state index >= 15 is 0 Å². The predicted octanol–water partition coefficient (Wildman–Crippen LogP) is -1.21. The second kappa shape index (κ2) is 19.1. The molecule has 1 aromatic rings. The van der Waals surface area contributed by atoms with Crippen LogP contribution in [0.3, 0.4) is 0 Å². The summed E-state index contributed by atoms with van der Waals surface area (Å²) in [5.74, 6) is -5.20. The normalized spacial score (nSPS) is 20.8. The summed E-state index contributed by atoms with van der Waals surface area (Å²) in [6, 6.07) is 2.63. The van der Waals surface area contributed by atoms with Gasteiger partial charge in [0.1, 0.15) is 36.0 Å². The highest BCUT2D eigenvalue weighted by Crippen LogP contribution is 2.29. The van der Waals surface area contributed by atoms with Gasteiger partial charge in [-0.1, -0.05) is 6.42 Å². The van der Waals surface area contributed by atoms with Gasteiger partial charge in [-0.2, -0.15) is 8.42 Å². The number of imide groups is 1. The number of carbonyl (C=O) groups excluding carboxylic acids is 5. The zero-order valence-corrected chi connectivity index (χ0v) is 28.4. The molecule has 2 aliphatic heterocycles. The van der Waals surface area contributed by atoms with E-state index in [0.717, 1.165) is 4.90 Å². The quantitative estimate of drug-likeness (QED) is 0.0396. The molecule has 20 heteroatoms. The smallest absolute Gasteiger partial charge is 0.333 e. The van der Waals surface area contributed by atoms with Gasteiger partial charge in [-0.15, -0.1) is 0 Å². The Hall–Kier alpha value is -4.63. The van der Waals surface area contributed by atoms with E-state index in [-0.39, 0.29) is 57.1 Å². The van der Waals surface area contributed by atoms with Crippen LogP contribution in [0.25, 0.3) is 0 Å². The summed E-state index contributed by atoms with van der Waals surface area (Å²) in [6.45, 7) is 1.06. The maximum atomic E-state index is 12.8. The van der Waals surface area contributed by atoms with Crippen molar-refractivity contribution < 1.29 is 76.0 Å². The van der Waals surface area contributed by atoms with Crippen LogP contribution in [0.15, 0.2) is 30.4 Å². The Labute approximate surface area is 292 Å². The van der Waals surface area contributed by atoms with E-state index in [0.29, 0.717) is 24.8 Å². The Morgan fingerprint density at radius 1 is 1.06 bits per heavy atom. The highest BCUT2D eigenvalue weighted by Gasteiger charge is 2.41. The third kappa shape index (κ3) is 13.5. The molecule has 0 spiro atoms. The Balaban J connectivity index is 1.51. The Bertz CT molecular complexity index is 1560. The van der Waals surface area contributed by atoms with E-state index in [9.17, 15) is 57.1 Å². The van der Waals surface area contributed by atoms with Crippen molar-refractivity contribution in [3.63, 3.8) is 0 Å². The van der Waals surface area contributed by atoms with Crippen LogP contribution in [0, 0.1) is 0 Å². The molecule has 282 valence electrons. The molecule has 1 fully saturated rings. The van der Waals surface area contributed by atoms with E-state index in [1.807, 2.05) is 0 Å². The number of aliphatic hydroxyl groups excluding tert-OH is 2. The molecule has 0 saturated carbocycles. The lowest BCUT2D eigenvalue weighted by Crippen LogP contribution is -2.52. The van der Waals surface area contributed by atoms with Crippen LogP contribution < -0.4 is 20.1 Å². The SMILES string of the molecule is CC(=O)OCc1ccc(O[C@@H]2O[C@H](C(=O)O)C[C@H](O)[C@H]2O)cc1OCCCNC(=O)[C@H](CS(=O)(=O)O)NC(=O)CCCCCN1C(=O)C=CC1=O. The Morgan fingerprint density at radius 2 is 1.76 bits per heavy atom. The van der Waals surface area contributed by atoms with Gasteiger partial charge in [-0.3, -0.25) is 33.4 Å². The summed E-state index contributed by atoms with van der Waals surface area (Å²) in [4.78, 5) is 72.2. The molecular formula is C31H41N3O16S. The number of carboxylic acid groups (broad SMARTS) is 1. The molecule has 5 atom stereocenters. The van der Waals surface area contributed by atoms with Gasteiger partial charge >= 0.3 is 11.9 Å². The number of aliphatic carboxylic acids is 1. The number of amides is 4. The number of carboxylic acids is 1. The second-order valence-corrected chi connectivity index (χ2v) is 13.1. The van der Waals surface area contributed by atoms with Crippen LogP contribution in [0.4, 0.5) is 0 Å². The van der Waals surface area contributed by atoms with Gasteiger partial charge in [-0.25, -0.2) is 4.79 Å². The third-order valence-corrected chi connectivity index (χ3v) is 8.27. The highest BCUT2D eigenvalue weighted by atomic mass is 32.2. The van der Waals surface area contributed by atoms with E-state index in [4.69, 9.17) is 18.9 Å². The predicted molar refractivity (Wildman–Crippen MR) is 171 cm³/mol. The molecule has 3 rings (SSSR count). The van der Waals surface area contributed by atoms with Crippen molar-refractivity contribution in [3.05, 3.63) is 35.9 Å². The standard InChI is InChI=1S/C31H41N3O16S/c1-18(35)48-16-19-7-8-20(49-31-28(40)22(36)15-24(50-31)30(42)43)14-23(19)47-13-5-11-32-29(41)21(17-51(44,45)46)33-25(37)6-3-2-4-12-34-26(38)9-10-27(34)39/h7-10,14,21-22,24,28,31,36,40H,2-6,11-13,15-17H2,1H3,(H,32,41)(H,33,37)(H,42,43)(H,44,45,46)/t21-,22-,24-,28+,31+/m0/s1. The first-order valence-corrected chi connectivity index (χ1v) is 17.5. The van der Waals surface area contributed by atoms with Crippen molar-refractivity contribution >= 4 is 45.7 Å². The summed E-state index contributed by atoms with van der Waals surface area (Å²) in [6.07, 6.45) is -2.71. The van der Waals surface area contributed by atoms with Gasteiger partial charge in [0, 0.05) is 56.6 Å². The molecule has 4 amide bonds. The topological polar surface area (TPSA) is 282 Å². The van der Waals surface area contributed by atoms with Gasteiger partial charge in [0.2, 0.25) is 18.1 Å². The van der Waals surface area contributed by atoms with E-state index in [2.05, 4.69) is 10.6 Å². The number of ether oxygens (including phenoxy) is 4. The number of benzene rings is 1. The molecule has 0 aliphatic carbocycles. The van der Waals surface area contributed by atoms with Gasteiger partial charge in [0.05, 0.1) is 12.7 Å². The van der Waals surface area contributed by atoms with Crippen LogP contribution in [0.1, 0.15) is 51.0 Å². The van der Waals surface area contributed by atoms with E-state index < -0.39 is 82.1 Å². The van der Waals surface area contributed by atoms with Crippen molar-refractivity contribution in [2.75, 3.05) is 25.4 Å². The van der Waals surface area contributed by atoms with Gasteiger partial charge in [0.15, 0.2) is 6.10 Å². The lowest BCUT2D eigenvalue weighted by atomic mass is 10.0. The van der Waals surface area contributed by atoms with Crippen molar-refractivity contribution in [1.29, 1.82) is 0 Å². The largest absolute Gasteiger partial charge is 0.493 e. The molecule has 1 aromatic carbocycles. The average molecular weight is 744 g/mol. The molecule has 51 heavy (non-hydrogen) atoms. The Kier molecular flexibility index (Phi) is 15.3. The molecule has 1 saturated heterocycles. The lowest BCUT2D eigenvalue weighted by Gasteiger charge is -2.35. The fraction of sp³-hybridized carbons (Fsp3) is 0.548. The highest BCUT2D eigenvalue weighted by molar-refractivity contribution is 7.85. The number of hydrogen-bond donors (Lipinski definition) is 6. The third-order valence-electron chi connectivity index (χ3n) is 7.52. The van der Waals surface area contributed by atoms with Crippen LogP contribution >= 0.6 is 0 Å². The zero-order chi connectivity index (χ0) is 37.7. The fourth-order valence-electron chi connectivity index (χ4n) is 4.90. The van der Waals surface area contributed by atoms with Crippen molar-refractivity contribution in [2.45, 2.75) is 82.7 Å². The van der Waals surface area contributed by atoms with Crippen LogP contribution in [0.5, 0.6) is 11.5 Å². The van der Waals surface area contributed by atoms with Gasteiger partial charge in [0.25, 0.3) is 21.9 Å². The number of nitrogens with one attached hydrogen (secondary N) is 2. The summed E-state index contributed by atoms with van der Waals surface area (Å²) < 4.78 is 54.1. The minimum atomic E-state index is -4.67. The number of hydrogen-bond acceptors (Lipinski definition) is 14. The van der Waals surface area contributed by atoms with E-state index in [1.54, 1.807) is 0 Å². The molecular weight excluding hydrogens is 702 g/mol. The molecule has 0 radical (unpaired) electrons. The summed E-state index contributed by atoms with van der Waals surface area (Å²) in [5.41, 5.74) is 0.390. The fourth-order valence-corrected chi connectivity index (χ4v) is 5.56. The molecule has 2 heterocycles. The maximum Gasteiger partial charge on any atom is 0.333 e. The number of nitrogens with zero attached hydrogens (tertiary/aromatic N) is 1. The number of esters is 1. The number of carbonyl (C=O) groups is 6. The van der Waals surface area contributed by atoms with Crippen LogP contribution in [-0.4, -0.2) is 125 Å². The minimum absolute atomic E-state index is 0.0463. The monoisotopic (exact) mass is 743 g/mol. The minimum Gasteiger partial charge on any atom is -0.493 e. The van der Waals surface area contributed by atoms with Crippen LogP contribution in [0.2, 0.25) is 0 Å². The van der Waals surface area contributed by atoms with Crippen molar-refractivity contribution in [1.82, 2.24) is 15.5 Å². The van der Waals surface area contributed by atoms with E-state index in [1.165, 1.54) is 37.3 Å². The zero-order valence-electron chi connectivity index (χ0n) is 27.6. The first-order chi connectivity index (χ1) is 24.0. The first kappa shape index (κ1) is 40.8. The molecule has 19 nitrogen and oxygen atoms in total. The summed E-state index contributed by atoms with van der Waals surface area (Å²) in [5, 5.41) is 34.3. The molecule has 6 N–H and O–H groups in total. The molecule has 0 aromatic heterocycles. The van der Waals surface area contributed by atoms with Gasteiger partial charge in [-0.05, 0) is 31.4 Å². The lowest BCUT2D eigenvalue weighted by molar-refractivity contribution is -0.238. The number of aliphatic hydroxyl groups is 2. The first-order valence-electron chi connectivity index (χ1n) is 15.9. The van der Waals surface area contributed by atoms with Crippen molar-refractivity contribution in [2.24, 2.45) is 0 Å². The maximum absolute atomic E-state index is 12.8. The summed E-state index contributed by atoms with van der Waals surface area (Å²) in [7, 11) is -4.67. The number of rotatable bonds is 20.